The summed E-state index contributed by atoms with van der Waals surface area (Å²) >= 11 is 0. The number of benzene rings is 12. The Labute approximate surface area is 821 Å². The molecule has 5 fully saturated rings. The lowest BCUT2D eigenvalue weighted by Gasteiger charge is -2.47. The average molecular weight is 1910 g/mol. The lowest BCUT2D eigenvalue weighted by atomic mass is 9.97. The van der Waals surface area contributed by atoms with E-state index in [1.165, 1.54) is 0 Å². The van der Waals surface area contributed by atoms with Gasteiger partial charge in [-0.2, -0.15) is 0 Å². The van der Waals surface area contributed by atoms with Gasteiger partial charge in [-0.05, 0) is 66.8 Å². The fourth-order valence-electron chi connectivity index (χ4n) is 17.9. The Hall–Kier alpha value is -10.3. The number of hydrogen-bond donors (Lipinski definition) is 0. The fraction of sp³-hybridized carbons (Fsp3) is 0.379. The topological polar surface area (TPSA) is 222 Å². The Bertz CT molecular complexity index is 4660. The van der Waals surface area contributed by atoms with Crippen LogP contribution in [-0.4, -0.2) is 202 Å². The zero-order valence-corrected chi connectivity index (χ0v) is 79.0. The van der Waals surface area contributed by atoms with Gasteiger partial charge in [-0.15, -0.1) is 0 Å². The van der Waals surface area contributed by atoms with Gasteiger partial charge in [-0.3, -0.25) is 0 Å². The molecule has 12 aromatic rings. The maximum atomic E-state index is 7.40. The van der Waals surface area contributed by atoms with Crippen molar-refractivity contribution in [3.63, 3.8) is 0 Å². The fourth-order valence-corrected chi connectivity index (χ4v) is 17.9. The van der Waals surface area contributed by atoms with Crippen molar-refractivity contribution < 1.29 is 114 Å². The van der Waals surface area contributed by atoms with Crippen LogP contribution < -0.4 is 0 Å². The van der Waals surface area contributed by atoms with Crippen LogP contribution in [0.5, 0.6) is 0 Å². The van der Waals surface area contributed by atoms with Crippen LogP contribution in [0.2, 0.25) is 0 Å². The summed E-state index contributed by atoms with van der Waals surface area (Å²) in [6.07, 6.45) is -19.3. The molecule has 0 saturated carbocycles. The Morgan fingerprint density at radius 1 is 0.150 bits per heavy atom. The van der Waals surface area contributed by atoms with Crippen LogP contribution in [0.25, 0.3) is 0 Å². The summed E-state index contributed by atoms with van der Waals surface area (Å²) in [5, 5.41) is 0. The number of hydrogen-bond acceptors (Lipinski definition) is 24. The second-order valence-corrected chi connectivity index (χ2v) is 35.1. The van der Waals surface area contributed by atoms with Crippen molar-refractivity contribution in [1.82, 2.24) is 0 Å². The van der Waals surface area contributed by atoms with E-state index in [1.54, 1.807) is 0 Å². The Morgan fingerprint density at radius 2 is 0.279 bits per heavy atom. The summed E-state index contributed by atoms with van der Waals surface area (Å²) < 4.78 is 173. The van der Waals surface area contributed by atoms with Gasteiger partial charge in [-0.1, -0.05) is 364 Å². The van der Waals surface area contributed by atoms with Crippen molar-refractivity contribution in [3.05, 3.63) is 431 Å². The molecule has 17 rings (SSSR count). The molecule has 5 aliphatic rings. The Balaban J connectivity index is 0.762. The van der Waals surface area contributed by atoms with E-state index in [9.17, 15) is 0 Å². The summed E-state index contributed by atoms with van der Waals surface area (Å²) in [7, 11) is 0. The second kappa shape index (κ2) is 55.9. The minimum absolute atomic E-state index is 0.0589. The first kappa shape index (κ1) is 101. The molecule has 0 aromatic heterocycles. The molecule has 0 unspecified atom stereocenters. The van der Waals surface area contributed by atoms with Crippen molar-refractivity contribution in [2.24, 2.45) is 0 Å². The highest BCUT2D eigenvalue weighted by Gasteiger charge is 2.55. The summed E-state index contributed by atoms with van der Waals surface area (Å²) in [6, 6.07) is 120. The minimum atomic E-state index is -1.20. The highest BCUT2D eigenvalue weighted by molar-refractivity contribution is 5.23. The molecule has 0 radical (unpaired) electrons. The smallest absolute Gasteiger partial charge is 0.187 e. The number of fused-ring (bicyclic) bond motifs is 4. The SMILES string of the molecule is c1ccc(COC[C@H]2O[C@H]3OCCO[C@@H]4O[C@H](COCc5ccccc5)[C@@H](OCc5ccccc5)[C@H](OCc5ccccc5)[C@H]4OCCO[C@H]4[C@H](OCCO[C@@H]5O[C@H](COCc6ccccc6)[C@@H](OCc6ccccc6)[C@H](OCc6ccccc6)[C@H]5OCCO[C@@H]3[C@@H](OCc3ccccc3)[C@@H]2OCc2ccccc2)O[C@H](COCc2ccccc2)[C@@H](OCc2ccccc2)[C@@H]4OCc2ccccc2)cc1. The molecular formula is C116H128O24. The first-order valence-corrected chi connectivity index (χ1v) is 48.7. The van der Waals surface area contributed by atoms with Gasteiger partial charge in [-0.25, -0.2) is 0 Å². The summed E-state index contributed by atoms with van der Waals surface area (Å²) in [4.78, 5) is 0. The van der Waals surface area contributed by atoms with Crippen LogP contribution in [0.1, 0.15) is 66.8 Å². The van der Waals surface area contributed by atoms with E-state index in [0.29, 0.717) is 0 Å². The molecule has 0 bridgehead atoms. The maximum absolute atomic E-state index is 7.40. The van der Waals surface area contributed by atoms with Crippen LogP contribution in [0.3, 0.4) is 0 Å². The lowest BCUT2D eigenvalue weighted by Crippen LogP contribution is -2.63. The van der Waals surface area contributed by atoms with Gasteiger partial charge in [0.05, 0.1) is 159 Å². The quantitative estimate of drug-likeness (QED) is 0.0348. The molecular weight excluding hydrogens is 1780 g/mol. The van der Waals surface area contributed by atoms with E-state index in [2.05, 4.69) is 0 Å². The van der Waals surface area contributed by atoms with Gasteiger partial charge >= 0.3 is 0 Å². The van der Waals surface area contributed by atoms with Gasteiger partial charge in [0.25, 0.3) is 0 Å². The molecule has 736 valence electrons. The second-order valence-electron chi connectivity index (χ2n) is 35.1. The molecule has 0 spiro atoms. The molecule has 5 saturated heterocycles. The Morgan fingerprint density at radius 3 is 0.429 bits per heavy atom. The molecule has 5 heterocycles. The zero-order valence-electron chi connectivity index (χ0n) is 79.0. The summed E-state index contributed by atoms with van der Waals surface area (Å²) in [5.74, 6) is 0. The first-order chi connectivity index (χ1) is 69.5. The molecule has 140 heavy (non-hydrogen) atoms. The maximum Gasteiger partial charge on any atom is 0.187 e. The molecule has 0 N–H and O–H groups in total. The van der Waals surface area contributed by atoms with Gasteiger partial charge in [0.15, 0.2) is 25.2 Å². The largest absolute Gasteiger partial charge is 0.374 e. The molecule has 5 aliphatic heterocycles. The van der Waals surface area contributed by atoms with E-state index in [-0.39, 0.29) is 159 Å². The normalized spacial score (nSPS) is 26.2. The molecule has 24 nitrogen and oxygen atoms in total. The highest BCUT2D eigenvalue weighted by Crippen LogP contribution is 2.38. The molecule has 24 heteroatoms. The van der Waals surface area contributed by atoms with Crippen LogP contribution in [0.4, 0.5) is 0 Å². The van der Waals surface area contributed by atoms with Crippen molar-refractivity contribution in [2.45, 2.75) is 202 Å². The van der Waals surface area contributed by atoms with Gasteiger partial charge in [0, 0.05) is 0 Å². The molecule has 0 aliphatic carbocycles. The average Bonchev–Trinajstić information content (AvgIpc) is 0.781. The highest BCUT2D eigenvalue weighted by atomic mass is 16.8. The predicted molar refractivity (Wildman–Crippen MR) is 522 cm³/mol. The third-order valence-electron chi connectivity index (χ3n) is 24.9. The van der Waals surface area contributed by atoms with E-state index >= 15 is 0 Å². The summed E-state index contributed by atoms with van der Waals surface area (Å²) in [6.45, 7) is 1.90. The third-order valence-corrected chi connectivity index (χ3v) is 24.9. The lowest BCUT2D eigenvalue weighted by molar-refractivity contribution is -0.348. The zero-order chi connectivity index (χ0) is 94.8. The monoisotopic (exact) mass is 1900 g/mol. The van der Waals surface area contributed by atoms with Crippen molar-refractivity contribution >= 4 is 0 Å². The van der Waals surface area contributed by atoms with Crippen molar-refractivity contribution in [1.29, 1.82) is 0 Å². The predicted octanol–water partition coefficient (Wildman–Crippen LogP) is 18.1. The van der Waals surface area contributed by atoms with E-state index in [0.717, 1.165) is 66.8 Å². The van der Waals surface area contributed by atoms with Crippen molar-refractivity contribution in [3.8, 4) is 0 Å². The van der Waals surface area contributed by atoms with E-state index in [4.69, 9.17) is 114 Å². The number of rotatable bonds is 40. The van der Waals surface area contributed by atoms with Gasteiger partial charge < -0.3 is 114 Å². The van der Waals surface area contributed by atoms with E-state index < -0.39 is 123 Å². The Kier molecular flexibility index (Phi) is 40.4. The van der Waals surface area contributed by atoms with Crippen LogP contribution in [0.15, 0.2) is 364 Å². The number of ether oxygens (including phenoxy) is 24. The molecule has 0 amide bonds. The minimum Gasteiger partial charge on any atom is -0.374 e. The molecule has 20 atom stereocenters. The van der Waals surface area contributed by atoms with Crippen LogP contribution >= 0.6 is 0 Å². The molecule has 12 aromatic carbocycles. The van der Waals surface area contributed by atoms with E-state index in [1.807, 2.05) is 364 Å². The standard InChI is InChI=1S/C116H128O24/c1-13-37-85(38-14-1)69-117-81-97-101(129-73-89-45-21-5-22-46-89)105(133-77-93-53-29-9-30-54-93)109-113(137-97)125-65-66-126-114-110(106(134-78-94-55-31-10-32-56-94)102(130-74-90-47-23-6-24-48-90)98(138-114)82-118-70-86-39-15-2-16-40-86)123-63-64-124-112-108(136-80-96-59-35-12-36-60-96)104(132-76-92-51-27-8-28-52-92)100(84-120-72-88-43-19-4-20-44-88)140-116(112)128-68-67-127-115-111(122-62-61-121-109)107(135-79-95-57-33-11-34-58-95)103(131-75-91-49-25-7-26-50-91)99(139-115)83-119-71-87-41-17-3-18-42-87/h1-60,97-116H,61-84H2/t97-,98-,99-,100-,101-,102-,103-,104-,105+,106+,107+,108+,109-,110-,111-,112-,113-,114-,115-,116-/m1/s1. The summed E-state index contributed by atoms with van der Waals surface area (Å²) in [5.41, 5.74) is 11.2. The van der Waals surface area contributed by atoms with Gasteiger partial charge in [0.2, 0.25) is 0 Å². The van der Waals surface area contributed by atoms with Crippen molar-refractivity contribution in [2.75, 3.05) is 79.3 Å². The van der Waals surface area contributed by atoms with Crippen LogP contribution in [0, 0.1) is 0 Å². The first-order valence-electron chi connectivity index (χ1n) is 48.7. The third kappa shape index (κ3) is 30.9. The van der Waals surface area contributed by atoms with Crippen LogP contribution in [-0.2, 0) is 193 Å². The van der Waals surface area contributed by atoms with Gasteiger partial charge in [0.1, 0.15) is 97.7 Å².